The van der Waals surface area contributed by atoms with Gasteiger partial charge in [-0.25, -0.2) is 9.38 Å². The number of carbonyl (C=O) groups is 1. The van der Waals surface area contributed by atoms with Crippen LogP contribution in [0.1, 0.15) is 17.3 Å². The van der Waals surface area contributed by atoms with E-state index < -0.39 is 37.3 Å². The van der Waals surface area contributed by atoms with Crippen LogP contribution in [0.5, 0.6) is 5.75 Å². The number of nitrogens with zero attached hydrogens (tertiary/aromatic N) is 3. The highest BCUT2D eigenvalue weighted by Crippen LogP contribution is 2.28. The van der Waals surface area contributed by atoms with E-state index in [0.29, 0.717) is 6.34 Å². The number of aliphatic imine (C=N–C) groups is 2. The van der Waals surface area contributed by atoms with Crippen LogP contribution in [0.2, 0.25) is 5.02 Å². The minimum atomic E-state index is -4.98. The van der Waals surface area contributed by atoms with Gasteiger partial charge in [-0.05, 0) is 25.1 Å². The maximum atomic E-state index is 13.1. The highest BCUT2D eigenvalue weighted by Gasteiger charge is 2.32. The molecule has 0 aliphatic carbocycles. The summed E-state index contributed by atoms with van der Waals surface area (Å²) in [5.41, 5.74) is 5.31. The molecule has 1 atom stereocenters. The third-order valence-corrected chi connectivity index (χ3v) is 3.72. The predicted molar refractivity (Wildman–Crippen MR) is 102 cm³/mol. The number of hydrogen-bond acceptors (Lipinski definition) is 4. The number of amides is 1. The first kappa shape index (κ1) is 24.1. The summed E-state index contributed by atoms with van der Waals surface area (Å²) in [6.45, 7) is 0.102. The summed E-state index contributed by atoms with van der Waals surface area (Å²) < 4.78 is 54.3. The van der Waals surface area contributed by atoms with E-state index in [9.17, 15) is 22.4 Å². The topological polar surface area (TPSA) is 116 Å². The van der Waals surface area contributed by atoms with Gasteiger partial charge >= 0.3 is 6.36 Å². The van der Waals surface area contributed by atoms with E-state index in [1.807, 2.05) is 0 Å². The van der Waals surface area contributed by atoms with E-state index in [-0.39, 0.29) is 22.4 Å². The Morgan fingerprint density at radius 3 is 2.62 bits per heavy atom. The molecular weight excluding hydrogens is 420 g/mol. The van der Waals surface area contributed by atoms with Crippen molar-refractivity contribution in [1.29, 1.82) is 5.41 Å². The number of guanidine groups is 1. The molecule has 0 aromatic heterocycles. The lowest BCUT2D eigenvalue weighted by atomic mass is 10.1. The molecule has 0 saturated carbocycles. The van der Waals surface area contributed by atoms with Crippen molar-refractivity contribution >= 4 is 35.6 Å². The van der Waals surface area contributed by atoms with E-state index in [4.69, 9.17) is 22.7 Å². The Morgan fingerprint density at radius 2 is 2.10 bits per heavy atom. The van der Waals surface area contributed by atoms with Gasteiger partial charge in [-0.1, -0.05) is 11.6 Å². The number of rotatable bonds is 7. The number of ether oxygens (including phenoxy) is 1. The van der Waals surface area contributed by atoms with Crippen molar-refractivity contribution in [3.63, 3.8) is 0 Å². The van der Waals surface area contributed by atoms with Crippen molar-refractivity contribution in [2.45, 2.75) is 19.3 Å². The highest BCUT2D eigenvalue weighted by atomic mass is 35.5. The predicted octanol–water partition coefficient (Wildman–Crippen LogP) is 2.58. The van der Waals surface area contributed by atoms with Crippen LogP contribution in [0.4, 0.5) is 17.6 Å². The quantitative estimate of drug-likeness (QED) is 0.344. The zero-order valence-corrected chi connectivity index (χ0v) is 16.2. The molecule has 4 N–H and O–H groups in total. The molecule has 8 nitrogen and oxygen atoms in total. The van der Waals surface area contributed by atoms with Crippen LogP contribution in [0.3, 0.4) is 0 Å². The fourth-order valence-electron chi connectivity index (χ4n) is 2.26. The number of hydrogen-bond donors (Lipinski definition) is 3. The average molecular weight is 439 g/mol. The Bertz CT molecular complexity index is 800. The molecule has 0 aliphatic rings. The Labute approximate surface area is 168 Å². The summed E-state index contributed by atoms with van der Waals surface area (Å²) in [6.07, 6.45) is -4.31. The number of halogens is 5. The summed E-state index contributed by atoms with van der Waals surface area (Å²) in [5, 5.41) is 9.52. The SMILES string of the molecule is C/N=C(\N)N/C(=N\C=N)C(C)N(CCF)C(=O)c1cc(Cl)cc(OC(F)(F)F)c1. The van der Waals surface area contributed by atoms with E-state index in [1.165, 1.54) is 14.0 Å². The largest absolute Gasteiger partial charge is 0.573 e. The third kappa shape index (κ3) is 7.56. The van der Waals surface area contributed by atoms with E-state index in [2.05, 4.69) is 20.0 Å². The summed E-state index contributed by atoms with van der Waals surface area (Å²) >= 11 is 5.79. The molecule has 1 aromatic carbocycles. The fraction of sp³-hybridized carbons (Fsp3) is 0.375. The van der Waals surface area contributed by atoms with Crippen LogP contribution in [-0.4, -0.2) is 61.6 Å². The summed E-state index contributed by atoms with van der Waals surface area (Å²) in [4.78, 5) is 21.3. The van der Waals surface area contributed by atoms with Crippen LogP contribution in [0, 0.1) is 5.41 Å². The van der Waals surface area contributed by atoms with E-state index in [0.717, 1.165) is 23.1 Å². The lowest BCUT2D eigenvalue weighted by molar-refractivity contribution is -0.274. The van der Waals surface area contributed by atoms with E-state index in [1.54, 1.807) is 0 Å². The van der Waals surface area contributed by atoms with Crippen LogP contribution in [0.15, 0.2) is 28.2 Å². The van der Waals surface area contributed by atoms with Gasteiger partial charge in [0.15, 0.2) is 5.96 Å². The molecule has 29 heavy (non-hydrogen) atoms. The molecule has 1 amide bonds. The molecule has 160 valence electrons. The molecule has 0 saturated heterocycles. The van der Waals surface area contributed by atoms with Crippen molar-refractivity contribution in [3.8, 4) is 5.75 Å². The molecule has 0 spiro atoms. The molecule has 1 aromatic rings. The number of nitrogens with one attached hydrogen (secondary N) is 2. The molecule has 0 fully saturated rings. The van der Waals surface area contributed by atoms with Gasteiger partial charge in [-0.3, -0.25) is 15.2 Å². The Morgan fingerprint density at radius 1 is 1.45 bits per heavy atom. The number of nitrogens with two attached hydrogens (primary N) is 1. The zero-order valence-electron chi connectivity index (χ0n) is 15.4. The standard InChI is InChI=1S/C16H19ClF4N6O2/c1-9(13(25-8-22)26-15(23)24-2)27(4-3-18)14(28)10-5-11(17)7-12(6-10)29-16(19,20)21/h5-9H,3-4H2,1-2H3,(H4,22,23,24,25,26). The van der Waals surface area contributed by atoms with Crippen molar-refractivity contribution < 1.29 is 27.1 Å². The maximum absolute atomic E-state index is 13.1. The molecule has 13 heteroatoms. The number of alkyl halides is 4. The molecule has 0 bridgehead atoms. The first-order valence-corrected chi connectivity index (χ1v) is 8.39. The normalized spacial score (nSPS) is 13.6. The number of carbonyl (C=O) groups excluding carboxylic acids is 1. The van der Waals surface area contributed by atoms with Gasteiger partial charge in [0.25, 0.3) is 5.91 Å². The van der Waals surface area contributed by atoms with Gasteiger partial charge < -0.3 is 20.7 Å². The van der Waals surface area contributed by atoms with Crippen LogP contribution >= 0.6 is 11.6 Å². The first-order valence-electron chi connectivity index (χ1n) is 8.01. The highest BCUT2D eigenvalue weighted by molar-refractivity contribution is 6.31. The van der Waals surface area contributed by atoms with Crippen molar-refractivity contribution in [1.82, 2.24) is 10.2 Å². The second-order valence-corrected chi connectivity index (χ2v) is 5.90. The second kappa shape index (κ2) is 10.6. The molecule has 0 heterocycles. The maximum Gasteiger partial charge on any atom is 0.573 e. The van der Waals surface area contributed by atoms with Crippen LogP contribution < -0.4 is 15.8 Å². The third-order valence-electron chi connectivity index (χ3n) is 3.50. The van der Waals surface area contributed by atoms with Gasteiger partial charge in [0, 0.05) is 17.6 Å². The van der Waals surface area contributed by atoms with Crippen molar-refractivity contribution in [3.05, 3.63) is 28.8 Å². The van der Waals surface area contributed by atoms with Crippen molar-refractivity contribution in [2.75, 3.05) is 20.3 Å². The monoisotopic (exact) mass is 438 g/mol. The summed E-state index contributed by atoms with van der Waals surface area (Å²) in [6, 6.07) is 1.90. The molecule has 1 rings (SSSR count). The van der Waals surface area contributed by atoms with Crippen LogP contribution in [0.25, 0.3) is 0 Å². The van der Waals surface area contributed by atoms with Gasteiger partial charge in [0.1, 0.15) is 24.6 Å². The molecule has 1 unspecified atom stereocenters. The Kier molecular flexibility index (Phi) is 8.83. The minimum absolute atomic E-state index is 0.00121. The van der Waals surface area contributed by atoms with Gasteiger partial charge in [-0.15, -0.1) is 13.2 Å². The average Bonchev–Trinajstić information content (AvgIpc) is 2.62. The lowest BCUT2D eigenvalue weighted by Crippen LogP contribution is -2.51. The number of amidine groups is 1. The summed E-state index contributed by atoms with van der Waals surface area (Å²) in [5.74, 6) is -1.61. The van der Waals surface area contributed by atoms with Gasteiger partial charge in [0.05, 0.1) is 12.6 Å². The smallest absolute Gasteiger partial charge is 0.406 e. The van der Waals surface area contributed by atoms with Gasteiger partial charge in [-0.2, -0.15) is 0 Å². The number of benzene rings is 1. The molecule has 0 aliphatic heterocycles. The zero-order chi connectivity index (χ0) is 22.2. The van der Waals surface area contributed by atoms with Crippen LogP contribution in [-0.2, 0) is 0 Å². The summed E-state index contributed by atoms with van der Waals surface area (Å²) in [7, 11) is 1.38. The first-order chi connectivity index (χ1) is 13.5. The molecular formula is C16H19ClF4N6O2. The van der Waals surface area contributed by atoms with E-state index >= 15 is 0 Å². The fourth-order valence-corrected chi connectivity index (χ4v) is 2.48. The Balaban J connectivity index is 3.28. The Hall–Kier alpha value is -2.89. The molecule has 0 radical (unpaired) electrons. The lowest BCUT2D eigenvalue weighted by Gasteiger charge is -2.29. The second-order valence-electron chi connectivity index (χ2n) is 5.46. The van der Waals surface area contributed by atoms with Crippen molar-refractivity contribution in [2.24, 2.45) is 15.7 Å². The minimum Gasteiger partial charge on any atom is -0.406 e. The van der Waals surface area contributed by atoms with Gasteiger partial charge in [0.2, 0.25) is 0 Å².